The fourth-order valence-corrected chi connectivity index (χ4v) is 2.37. The molecule has 0 aromatic heterocycles. The summed E-state index contributed by atoms with van der Waals surface area (Å²) >= 11 is 0. The Labute approximate surface area is 136 Å². The minimum Gasteiger partial charge on any atom is -0.462 e. The van der Waals surface area contributed by atoms with Gasteiger partial charge in [0.25, 0.3) is 0 Å². The van der Waals surface area contributed by atoms with Gasteiger partial charge in [-0.15, -0.1) is 0 Å². The third kappa shape index (κ3) is 5.67. The molecule has 1 heterocycles. The van der Waals surface area contributed by atoms with Crippen molar-refractivity contribution in [2.45, 2.75) is 45.1 Å². The second kappa shape index (κ2) is 9.30. The van der Waals surface area contributed by atoms with Crippen LogP contribution >= 0.6 is 0 Å². The van der Waals surface area contributed by atoms with Gasteiger partial charge in [0.2, 0.25) is 0 Å². The van der Waals surface area contributed by atoms with Crippen LogP contribution in [0.1, 0.15) is 59.7 Å². The van der Waals surface area contributed by atoms with Gasteiger partial charge in [0, 0.05) is 6.61 Å². The highest BCUT2D eigenvalue weighted by Gasteiger charge is 2.18. The number of hydrogen-bond donors (Lipinski definition) is 0. The van der Waals surface area contributed by atoms with Crippen molar-refractivity contribution >= 4 is 11.9 Å². The van der Waals surface area contributed by atoms with Gasteiger partial charge in [0.05, 0.1) is 23.8 Å². The van der Waals surface area contributed by atoms with Gasteiger partial charge in [0.1, 0.15) is 6.61 Å². The van der Waals surface area contributed by atoms with Crippen LogP contribution in [0.2, 0.25) is 0 Å². The van der Waals surface area contributed by atoms with Crippen LogP contribution in [0, 0.1) is 0 Å². The summed E-state index contributed by atoms with van der Waals surface area (Å²) in [5, 5.41) is 0. The van der Waals surface area contributed by atoms with E-state index in [4.69, 9.17) is 14.2 Å². The molecule has 1 aromatic carbocycles. The zero-order valence-electron chi connectivity index (χ0n) is 13.6. The molecule has 1 aliphatic rings. The molecule has 1 aliphatic heterocycles. The summed E-state index contributed by atoms with van der Waals surface area (Å²) < 4.78 is 15.8. The highest BCUT2D eigenvalue weighted by molar-refractivity contribution is 5.93. The Morgan fingerprint density at radius 3 is 2.30 bits per heavy atom. The van der Waals surface area contributed by atoms with Gasteiger partial charge in [-0.1, -0.05) is 19.8 Å². The van der Waals surface area contributed by atoms with E-state index in [1.807, 2.05) is 0 Å². The zero-order valence-corrected chi connectivity index (χ0v) is 13.6. The van der Waals surface area contributed by atoms with Crippen molar-refractivity contribution in [2.75, 3.05) is 19.8 Å². The molecule has 1 aromatic rings. The maximum atomic E-state index is 11.9. The predicted octanol–water partition coefficient (Wildman–Crippen LogP) is 3.37. The van der Waals surface area contributed by atoms with Gasteiger partial charge in [-0.25, -0.2) is 9.59 Å². The molecule has 0 amide bonds. The smallest absolute Gasteiger partial charge is 0.338 e. The van der Waals surface area contributed by atoms with Gasteiger partial charge in [-0.2, -0.15) is 0 Å². The summed E-state index contributed by atoms with van der Waals surface area (Å²) in [6.07, 6.45) is 4.95. The lowest BCUT2D eigenvalue weighted by molar-refractivity contribution is 0.0161. The van der Waals surface area contributed by atoms with Gasteiger partial charge in [-0.05, 0) is 43.5 Å². The fraction of sp³-hybridized carbons (Fsp3) is 0.556. The highest BCUT2D eigenvalue weighted by Crippen LogP contribution is 2.13. The van der Waals surface area contributed by atoms with Crippen LogP contribution in [-0.2, 0) is 14.2 Å². The molecule has 0 saturated carbocycles. The number of benzene rings is 1. The molecule has 2 rings (SSSR count). The number of carbonyl (C=O) groups is 2. The van der Waals surface area contributed by atoms with Crippen molar-refractivity contribution in [3.05, 3.63) is 35.4 Å². The molecule has 1 atom stereocenters. The number of unbranched alkanes of at least 4 members (excludes halogenated alkanes) is 2. The van der Waals surface area contributed by atoms with Crippen LogP contribution in [0.25, 0.3) is 0 Å². The minimum absolute atomic E-state index is 0.0105. The quantitative estimate of drug-likeness (QED) is 0.543. The Kier molecular flexibility index (Phi) is 7.07. The largest absolute Gasteiger partial charge is 0.462 e. The van der Waals surface area contributed by atoms with Crippen molar-refractivity contribution in [3.8, 4) is 0 Å². The van der Waals surface area contributed by atoms with E-state index >= 15 is 0 Å². The number of rotatable bonds is 8. The number of ether oxygens (including phenoxy) is 3. The van der Waals surface area contributed by atoms with E-state index in [9.17, 15) is 9.59 Å². The van der Waals surface area contributed by atoms with Crippen LogP contribution in [0.15, 0.2) is 24.3 Å². The minimum atomic E-state index is -0.400. The molecular weight excluding hydrogens is 296 g/mol. The molecule has 23 heavy (non-hydrogen) atoms. The van der Waals surface area contributed by atoms with Crippen molar-refractivity contribution < 1.29 is 23.8 Å². The number of carbonyl (C=O) groups excluding carboxylic acids is 2. The van der Waals surface area contributed by atoms with Crippen molar-refractivity contribution in [1.82, 2.24) is 0 Å². The second-order valence-electron chi connectivity index (χ2n) is 5.65. The molecule has 0 N–H and O–H groups in total. The van der Waals surface area contributed by atoms with Crippen LogP contribution in [0.4, 0.5) is 0 Å². The molecule has 5 heteroatoms. The van der Waals surface area contributed by atoms with Crippen LogP contribution in [0.5, 0.6) is 0 Å². The normalized spacial score (nSPS) is 17.0. The second-order valence-corrected chi connectivity index (χ2v) is 5.65. The molecule has 5 nitrogen and oxygen atoms in total. The van der Waals surface area contributed by atoms with Crippen LogP contribution < -0.4 is 0 Å². The lowest BCUT2D eigenvalue weighted by Crippen LogP contribution is -2.18. The SMILES string of the molecule is CCCCCOC(=O)c1ccc(C(=O)OCC2CCCO2)cc1. The van der Waals surface area contributed by atoms with E-state index in [1.54, 1.807) is 24.3 Å². The predicted molar refractivity (Wildman–Crippen MR) is 85.5 cm³/mol. The highest BCUT2D eigenvalue weighted by atomic mass is 16.6. The first kappa shape index (κ1) is 17.5. The van der Waals surface area contributed by atoms with Gasteiger partial charge >= 0.3 is 11.9 Å². The van der Waals surface area contributed by atoms with E-state index in [2.05, 4.69) is 6.92 Å². The van der Waals surface area contributed by atoms with Crippen LogP contribution in [0.3, 0.4) is 0 Å². The van der Waals surface area contributed by atoms with Crippen LogP contribution in [-0.4, -0.2) is 37.9 Å². The topological polar surface area (TPSA) is 61.8 Å². The Hall–Kier alpha value is -1.88. The Bertz CT molecular complexity index is 503. The summed E-state index contributed by atoms with van der Waals surface area (Å²) in [7, 11) is 0. The van der Waals surface area contributed by atoms with E-state index in [1.165, 1.54) is 0 Å². The molecule has 0 bridgehead atoms. The van der Waals surface area contributed by atoms with E-state index in [-0.39, 0.29) is 18.7 Å². The Morgan fingerprint density at radius 1 is 1.09 bits per heavy atom. The summed E-state index contributed by atoms with van der Waals surface area (Å²) in [6, 6.07) is 6.34. The summed E-state index contributed by atoms with van der Waals surface area (Å²) in [4.78, 5) is 23.8. The first-order valence-electron chi connectivity index (χ1n) is 8.26. The first-order valence-corrected chi connectivity index (χ1v) is 8.26. The van der Waals surface area contributed by atoms with Crippen molar-refractivity contribution in [1.29, 1.82) is 0 Å². The lowest BCUT2D eigenvalue weighted by Gasteiger charge is -2.10. The Balaban J connectivity index is 1.78. The summed E-state index contributed by atoms with van der Waals surface area (Å²) in [5.41, 5.74) is 0.864. The number of esters is 2. The zero-order chi connectivity index (χ0) is 16.5. The molecule has 0 spiro atoms. The van der Waals surface area contributed by atoms with E-state index in [0.717, 1.165) is 38.7 Å². The van der Waals surface area contributed by atoms with E-state index in [0.29, 0.717) is 17.7 Å². The molecule has 1 unspecified atom stereocenters. The third-order valence-electron chi connectivity index (χ3n) is 3.76. The molecule has 0 aliphatic carbocycles. The molecule has 0 radical (unpaired) electrons. The summed E-state index contributed by atoms with van der Waals surface area (Å²) in [6.45, 7) is 3.54. The molecular formula is C18H24O5. The fourth-order valence-electron chi connectivity index (χ4n) is 2.37. The molecule has 1 fully saturated rings. The third-order valence-corrected chi connectivity index (χ3v) is 3.76. The van der Waals surface area contributed by atoms with Gasteiger partial charge < -0.3 is 14.2 Å². The monoisotopic (exact) mass is 320 g/mol. The van der Waals surface area contributed by atoms with Gasteiger partial charge in [-0.3, -0.25) is 0 Å². The Morgan fingerprint density at radius 2 is 1.74 bits per heavy atom. The number of hydrogen-bond acceptors (Lipinski definition) is 5. The maximum absolute atomic E-state index is 11.9. The lowest BCUT2D eigenvalue weighted by atomic mass is 10.1. The van der Waals surface area contributed by atoms with E-state index < -0.39 is 5.97 Å². The first-order chi connectivity index (χ1) is 11.2. The van der Waals surface area contributed by atoms with Crippen molar-refractivity contribution in [3.63, 3.8) is 0 Å². The van der Waals surface area contributed by atoms with Crippen molar-refractivity contribution in [2.24, 2.45) is 0 Å². The molecule has 126 valence electrons. The van der Waals surface area contributed by atoms with Gasteiger partial charge in [0.15, 0.2) is 0 Å². The average Bonchev–Trinajstić information content (AvgIpc) is 3.10. The standard InChI is InChI=1S/C18H24O5/c1-2-3-4-11-22-17(19)14-7-9-15(10-8-14)18(20)23-13-16-6-5-12-21-16/h7-10,16H,2-6,11-13H2,1H3. The summed E-state index contributed by atoms with van der Waals surface area (Å²) in [5.74, 6) is -0.760. The maximum Gasteiger partial charge on any atom is 0.338 e. The average molecular weight is 320 g/mol. The molecule has 1 saturated heterocycles.